The maximum absolute atomic E-state index is 5.92. The van der Waals surface area contributed by atoms with Crippen LogP contribution in [-0.2, 0) is 6.54 Å². The fourth-order valence-corrected chi connectivity index (χ4v) is 2.55. The Morgan fingerprint density at radius 2 is 2.11 bits per heavy atom. The van der Waals surface area contributed by atoms with E-state index in [2.05, 4.69) is 33.9 Å². The zero-order valence-corrected chi connectivity index (χ0v) is 11.1. The summed E-state index contributed by atoms with van der Waals surface area (Å²) in [5.41, 5.74) is 7.11. The summed E-state index contributed by atoms with van der Waals surface area (Å²) >= 11 is 0. The number of rotatable bonds is 3. The van der Waals surface area contributed by atoms with Crippen molar-refractivity contribution in [1.82, 2.24) is 9.55 Å². The van der Waals surface area contributed by atoms with Crippen LogP contribution >= 0.6 is 0 Å². The monoisotopic (exact) mass is 255 g/mol. The van der Waals surface area contributed by atoms with Gasteiger partial charge in [0.15, 0.2) is 0 Å². The van der Waals surface area contributed by atoms with Crippen LogP contribution < -0.4 is 10.5 Å². The van der Waals surface area contributed by atoms with Crippen molar-refractivity contribution in [2.24, 2.45) is 5.73 Å². The molecule has 19 heavy (non-hydrogen) atoms. The average Bonchev–Trinajstić information content (AvgIpc) is 2.80. The predicted octanol–water partition coefficient (Wildman–Crippen LogP) is 2.55. The van der Waals surface area contributed by atoms with Crippen LogP contribution in [0.15, 0.2) is 36.7 Å². The molecular formula is C15H17N3O. The Bertz CT molecular complexity index is 731. The van der Waals surface area contributed by atoms with Gasteiger partial charge in [0.1, 0.15) is 0 Å². The van der Waals surface area contributed by atoms with Crippen molar-refractivity contribution in [1.29, 1.82) is 0 Å². The van der Waals surface area contributed by atoms with Crippen LogP contribution in [0.2, 0.25) is 0 Å². The highest BCUT2D eigenvalue weighted by Gasteiger charge is 2.10. The van der Waals surface area contributed by atoms with Crippen molar-refractivity contribution in [3.63, 3.8) is 0 Å². The van der Waals surface area contributed by atoms with Gasteiger partial charge in [0, 0.05) is 41.1 Å². The number of benzene rings is 1. The summed E-state index contributed by atoms with van der Waals surface area (Å²) < 4.78 is 7.53. The minimum absolute atomic E-state index is 0.120. The number of nitrogens with two attached hydrogens (primary N) is 1. The van der Waals surface area contributed by atoms with Crippen LogP contribution in [0.4, 0.5) is 0 Å². The van der Waals surface area contributed by atoms with E-state index in [9.17, 15) is 0 Å². The van der Waals surface area contributed by atoms with Crippen molar-refractivity contribution in [2.45, 2.75) is 19.5 Å². The van der Waals surface area contributed by atoms with Gasteiger partial charge in [-0.15, -0.1) is 0 Å². The molecule has 4 heteroatoms. The zero-order chi connectivity index (χ0) is 13.4. The summed E-state index contributed by atoms with van der Waals surface area (Å²) in [5, 5.41) is 3.39. The molecule has 1 atom stereocenters. The molecule has 98 valence electrons. The topological polar surface area (TPSA) is 53.1 Å². The lowest BCUT2D eigenvalue weighted by molar-refractivity contribution is 0.403. The lowest BCUT2D eigenvalue weighted by Gasteiger charge is -2.11. The minimum Gasteiger partial charge on any atom is -0.481 e. The van der Waals surface area contributed by atoms with Crippen LogP contribution in [0.5, 0.6) is 5.88 Å². The molecule has 3 aromatic rings. The third-order valence-electron chi connectivity index (χ3n) is 3.31. The third kappa shape index (κ3) is 1.94. The molecular weight excluding hydrogens is 238 g/mol. The fraction of sp³-hybridized carbons (Fsp3) is 0.267. The summed E-state index contributed by atoms with van der Waals surface area (Å²) in [6.45, 7) is 2.81. The fourth-order valence-electron chi connectivity index (χ4n) is 2.55. The molecule has 2 aromatic heterocycles. The molecule has 4 nitrogen and oxygen atoms in total. The van der Waals surface area contributed by atoms with Crippen LogP contribution in [0.25, 0.3) is 21.7 Å². The molecule has 0 bridgehead atoms. The molecule has 0 fully saturated rings. The Balaban J connectivity index is 2.34. The molecule has 0 radical (unpaired) electrons. The van der Waals surface area contributed by atoms with E-state index in [1.54, 1.807) is 13.3 Å². The number of hydrogen-bond acceptors (Lipinski definition) is 3. The van der Waals surface area contributed by atoms with E-state index in [0.717, 1.165) is 17.3 Å². The summed E-state index contributed by atoms with van der Waals surface area (Å²) in [5.74, 6) is 0.660. The molecule has 0 aliphatic carbocycles. The molecule has 0 amide bonds. The highest BCUT2D eigenvalue weighted by molar-refractivity contribution is 6.07. The van der Waals surface area contributed by atoms with E-state index in [1.807, 2.05) is 13.0 Å². The third-order valence-corrected chi connectivity index (χ3v) is 3.31. The molecule has 0 aliphatic rings. The largest absolute Gasteiger partial charge is 0.481 e. The van der Waals surface area contributed by atoms with E-state index in [1.165, 1.54) is 10.9 Å². The van der Waals surface area contributed by atoms with Crippen molar-refractivity contribution in [2.75, 3.05) is 7.11 Å². The van der Waals surface area contributed by atoms with Crippen LogP contribution in [0.3, 0.4) is 0 Å². The highest BCUT2D eigenvalue weighted by Crippen LogP contribution is 2.30. The first-order chi connectivity index (χ1) is 9.20. The van der Waals surface area contributed by atoms with Gasteiger partial charge in [-0.2, -0.15) is 0 Å². The second-order valence-electron chi connectivity index (χ2n) is 4.86. The molecule has 0 spiro atoms. The van der Waals surface area contributed by atoms with Gasteiger partial charge in [0.25, 0.3) is 0 Å². The number of methoxy groups -OCH3 is 1. The normalized spacial score (nSPS) is 13.0. The lowest BCUT2D eigenvalue weighted by atomic mass is 10.1. The van der Waals surface area contributed by atoms with Crippen molar-refractivity contribution >= 4 is 21.7 Å². The number of hydrogen-bond donors (Lipinski definition) is 1. The van der Waals surface area contributed by atoms with Gasteiger partial charge in [-0.05, 0) is 25.1 Å². The van der Waals surface area contributed by atoms with Gasteiger partial charge >= 0.3 is 0 Å². The SMILES string of the molecule is COc1nccc2c1ccc1ccn(C[C@H](C)N)c12. The van der Waals surface area contributed by atoms with E-state index in [4.69, 9.17) is 10.5 Å². The predicted molar refractivity (Wildman–Crippen MR) is 77.4 cm³/mol. The molecule has 3 rings (SSSR count). The first kappa shape index (κ1) is 12.0. The van der Waals surface area contributed by atoms with Crippen molar-refractivity contribution < 1.29 is 4.74 Å². The molecule has 2 heterocycles. The van der Waals surface area contributed by atoms with Crippen molar-refractivity contribution in [3.05, 3.63) is 36.7 Å². The smallest absolute Gasteiger partial charge is 0.221 e. The number of pyridine rings is 1. The quantitative estimate of drug-likeness (QED) is 0.782. The number of fused-ring (bicyclic) bond motifs is 3. The minimum atomic E-state index is 0.120. The van der Waals surface area contributed by atoms with Gasteiger partial charge in [-0.3, -0.25) is 0 Å². The van der Waals surface area contributed by atoms with Crippen LogP contribution in [0, 0.1) is 0 Å². The summed E-state index contributed by atoms with van der Waals surface area (Å²) in [7, 11) is 1.65. The standard InChI is InChI=1S/C15H17N3O/c1-10(16)9-18-8-6-11-3-4-13-12(14(11)18)5-7-17-15(13)19-2/h3-8,10H,9,16H2,1-2H3/t10-/m0/s1. The number of ether oxygens (including phenoxy) is 1. The molecule has 0 unspecified atom stereocenters. The summed E-state index contributed by atoms with van der Waals surface area (Å²) in [6, 6.07) is 8.41. The van der Waals surface area contributed by atoms with Gasteiger partial charge in [0.05, 0.1) is 12.6 Å². The van der Waals surface area contributed by atoms with Gasteiger partial charge in [0.2, 0.25) is 5.88 Å². The van der Waals surface area contributed by atoms with Gasteiger partial charge < -0.3 is 15.0 Å². The van der Waals surface area contributed by atoms with E-state index in [0.29, 0.717) is 5.88 Å². The Morgan fingerprint density at radius 3 is 2.84 bits per heavy atom. The van der Waals surface area contributed by atoms with E-state index < -0.39 is 0 Å². The average molecular weight is 255 g/mol. The first-order valence-electron chi connectivity index (χ1n) is 6.37. The van der Waals surface area contributed by atoms with Crippen molar-refractivity contribution in [3.8, 4) is 5.88 Å². The second-order valence-corrected chi connectivity index (χ2v) is 4.86. The van der Waals surface area contributed by atoms with E-state index in [-0.39, 0.29) is 6.04 Å². The lowest BCUT2D eigenvalue weighted by Crippen LogP contribution is -2.21. The Labute approximate surface area is 111 Å². The first-order valence-corrected chi connectivity index (χ1v) is 6.37. The molecule has 0 aliphatic heterocycles. The van der Waals surface area contributed by atoms with Gasteiger partial charge in [-0.1, -0.05) is 6.07 Å². The second kappa shape index (κ2) is 4.55. The Morgan fingerprint density at radius 1 is 1.26 bits per heavy atom. The number of nitrogens with zero attached hydrogens (tertiary/aromatic N) is 2. The number of aromatic nitrogens is 2. The molecule has 0 saturated heterocycles. The molecule has 0 saturated carbocycles. The Hall–Kier alpha value is -2.07. The van der Waals surface area contributed by atoms with Crippen LogP contribution in [-0.4, -0.2) is 22.7 Å². The maximum Gasteiger partial charge on any atom is 0.221 e. The summed E-state index contributed by atoms with van der Waals surface area (Å²) in [6.07, 6.45) is 3.87. The molecule has 1 aromatic carbocycles. The summed E-state index contributed by atoms with van der Waals surface area (Å²) in [4.78, 5) is 4.25. The molecule has 2 N–H and O–H groups in total. The van der Waals surface area contributed by atoms with Crippen LogP contribution in [0.1, 0.15) is 6.92 Å². The van der Waals surface area contributed by atoms with E-state index >= 15 is 0 Å². The van der Waals surface area contributed by atoms with Gasteiger partial charge in [-0.25, -0.2) is 4.98 Å². The Kier molecular flexibility index (Phi) is 2.87. The zero-order valence-electron chi connectivity index (χ0n) is 11.1. The maximum atomic E-state index is 5.92. The highest BCUT2D eigenvalue weighted by atomic mass is 16.5.